The number of hydrogen-bond acceptors (Lipinski definition) is 3. The first-order chi connectivity index (χ1) is 8.61. The third-order valence-corrected chi connectivity index (χ3v) is 3.55. The summed E-state index contributed by atoms with van der Waals surface area (Å²) in [6.45, 7) is 7.54. The molecule has 0 saturated heterocycles. The second kappa shape index (κ2) is 5.72. The number of para-hydroxylation sites is 1. The van der Waals surface area contributed by atoms with Gasteiger partial charge in [-0.2, -0.15) is 0 Å². The lowest BCUT2D eigenvalue weighted by Crippen LogP contribution is -2.47. The van der Waals surface area contributed by atoms with Gasteiger partial charge in [-0.1, -0.05) is 32.0 Å². The average molecular weight is 248 g/mol. The molecule has 2 N–H and O–H groups in total. The molecule has 1 aliphatic rings. The van der Waals surface area contributed by atoms with Gasteiger partial charge >= 0.3 is 0 Å². The van der Waals surface area contributed by atoms with Crippen molar-refractivity contribution in [3.05, 3.63) is 29.8 Å². The summed E-state index contributed by atoms with van der Waals surface area (Å²) in [6, 6.07) is 9.64. The SMILES string of the molecule is CC(C)NC(CO)CN1c2ccccc2CC1C. The van der Waals surface area contributed by atoms with Gasteiger partial charge in [-0.05, 0) is 25.0 Å². The molecule has 3 heteroatoms. The normalized spacial score (nSPS) is 20.3. The van der Waals surface area contributed by atoms with Gasteiger partial charge in [-0.15, -0.1) is 0 Å². The maximum Gasteiger partial charge on any atom is 0.0602 e. The zero-order valence-electron chi connectivity index (χ0n) is 11.6. The smallest absolute Gasteiger partial charge is 0.0602 e. The topological polar surface area (TPSA) is 35.5 Å². The molecule has 0 fully saturated rings. The number of aliphatic hydroxyl groups excluding tert-OH is 1. The molecule has 0 aliphatic carbocycles. The predicted molar refractivity (Wildman–Crippen MR) is 76.1 cm³/mol. The summed E-state index contributed by atoms with van der Waals surface area (Å²) in [5, 5.41) is 12.9. The summed E-state index contributed by atoms with van der Waals surface area (Å²) in [6.07, 6.45) is 1.11. The van der Waals surface area contributed by atoms with Crippen LogP contribution in [0.25, 0.3) is 0 Å². The summed E-state index contributed by atoms with van der Waals surface area (Å²) >= 11 is 0. The van der Waals surface area contributed by atoms with Crippen molar-refractivity contribution >= 4 is 5.69 Å². The van der Waals surface area contributed by atoms with Crippen LogP contribution in [0.2, 0.25) is 0 Å². The fraction of sp³-hybridized carbons (Fsp3) is 0.600. The molecule has 0 bridgehead atoms. The third-order valence-electron chi connectivity index (χ3n) is 3.55. The zero-order chi connectivity index (χ0) is 13.1. The molecular formula is C15H24N2O. The van der Waals surface area contributed by atoms with Crippen molar-refractivity contribution in [2.45, 2.75) is 45.3 Å². The lowest BCUT2D eigenvalue weighted by Gasteiger charge is -2.30. The molecule has 0 radical (unpaired) electrons. The van der Waals surface area contributed by atoms with Crippen LogP contribution in [0.4, 0.5) is 5.69 Å². The van der Waals surface area contributed by atoms with Crippen molar-refractivity contribution < 1.29 is 5.11 Å². The molecule has 2 unspecified atom stereocenters. The van der Waals surface area contributed by atoms with Crippen molar-refractivity contribution in [2.24, 2.45) is 0 Å². The van der Waals surface area contributed by atoms with Gasteiger partial charge in [0, 0.05) is 30.4 Å². The van der Waals surface area contributed by atoms with E-state index in [1.165, 1.54) is 11.3 Å². The molecule has 1 aliphatic heterocycles. The van der Waals surface area contributed by atoms with Gasteiger partial charge in [0.1, 0.15) is 0 Å². The van der Waals surface area contributed by atoms with E-state index in [9.17, 15) is 5.11 Å². The second-order valence-corrected chi connectivity index (χ2v) is 5.54. The number of benzene rings is 1. The number of nitrogens with one attached hydrogen (secondary N) is 1. The fourth-order valence-corrected chi connectivity index (χ4v) is 2.78. The van der Waals surface area contributed by atoms with Crippen LogP contribution >= 0.6 is 0 Å². The quantitative estimate of drug-likeness (QED) is 0.834. The Morgan fingerprint density at radius 2 is 2.11 bits per heavy atom. The Balaban J connectivity index is 2.09. The number of aliphatic hydroxyl groups is 1. The maximum atomic E-state index is 9.48. The third kappa shape index (κ3) is 2.85. The minimum Gasteiger partial charge on any atom is -0.395 e. The first-order valence-electron chi connectivity index (χ1n) is 6.83. The molecule has 2 atom stereocenters. The van der Waals surface area contributed by atoms with E-state index in [0.717, 1.165) is 13.0 Å². The lowest BCUT2D eigenvalue weighted by molar-refractivity contribution is 0.235. The summed E-state index contributed by atoms with van der Waals surface area (Å²) in [7, 11) is 0. The number of fused-ring (bicyclic) bond motifs is 1. The Bertz CT molecular complexity index is 392. The molecular weight excluding hydrogens is 224 g/mol. The van der Waals surface area contributed by atoms with Crippen LogP contribution < -0.4 is 10.2 Å². The molecule has 0 aromatic heterocycles. The fourth-order valence-electron chi connectivity index (χ4n) is 2.78. The van der Waals surface area contributed by atoms with Crippen molar-refractivity contribution in [1.82, 2.24) is 5.32 Å². The highest BCUT2D eigenvalue weighted by Gasteiger charge is 2.27. The summed E-state index contributed by atoms with van der Waals surface area (Å²) in [5.41, 5.74) is 2.75. The van der Waals surface area contributed by atoms with Gasteiger partial charge in [0.15, 0.2) is 0 Å². The zero-order valence-corrected chi connectivity index (χ0v) is 11.6. The monoisotopic (exact) mass is 248 g/mol. The molecule has 0 saturated carbocycles. The Labute approximate surface area is 110 Å². The molecule has 18 heavy (non-hydrogen) atoms. The maximum absolute atomic E-state index is 9.48. The standard InChI is InChI=1S/C15H24N2O/c1-11(2)16-14(10-18)9-17-12(3)8-13-6-4-5-7-15(13)17/h4-7,11-12,14,16,18H,8-10H2,1-3H3. The van der Waals surface area contributed by atoms with Crippen molar-refractivity contribution in [3.63, 3.8) is 0 Å². The van der Waals surface area contributed by atoms with Crippen LogP contribution in [-0.2, 0) is 6.42 Å². The summed E-state index contributed by atoms with van der Waals surface area (Å²) < 4.78 is 0. The lowest BCUT2D eigenvalue weighted by atomic mass is 10.1. The van der Waals surface area contributed by atoms with E-state index >= 15 is 0 Å². The van der Waals surface area contributed by atoms with Crippen molar-refractivity contribution in [3.8, 4) is 0 Å². The van der Waals surface area contributed by atoms with Gasteiger partial charge in [0.2, 0.25) is 0 Å². The molecule has 3 nitrogen and oxygen atoms in total. The van der Waals surface area contributed by atoms with E-state index in [-0.39, 0.29) is 12.6 Å². The number of nitrogens with zero attached hydrogens (tertiary/aromatic N) is 1. The molecule has 1 aromatic carbocycles. The highest BCUT2D eigenvalue weighted by molar-refractivity contribution is 5.59. The minimum absolute atomic E-state index is 0.138. The van der Waals surface area contributed by atoms with E-state index in [1.807, 2.05) is 0 Å². The van der Waals surface area contributed by atoms with Crippen molar-refractivity contribution in [2.75, 3.05) is 18.1 Å². The van der Waals surface area contributed by atoms with Crippen molar-refractivity contribution in [1.29, 1.82) is 0 Å². The summed E-state index contributed by atoms with van der Waals surface area (Å²) in [4.78, 5) is 2.41. The van der Waals surface area contributed by atoms with Crippen LogP contribution in [0, 0.1) is 0 Å². The Morgan fingerprint density at radius 1 is 1.39 bits per heavy atom. The molecule has 1 heterocycles. The Hall–Kier alpha value is -1.06. The van der Waals surface area contributed by atoms with Gasteiger partial charge in [0.25, 0.3) is 0 Å². The highest BCUT2D eigenvalue weighted by atomic mass is 16.3. The number of anilines is 1. The minimum atomic E-state index is 0.138. The first kappa shape index (κ1) is 13.4. The molecule has 100 valence electrons. The average Bonchev–Trinajstić information content (AvgIpc) is 2.64. The van der Waals surface area contributed by atoms with Gasteiger partial charge in [-0.3, -0.25) is 0 Å². The first-order valence-corrected chi connectivity index (χ1v) is 6.83. The summed E-state index contributed by atoms with van der Waals surface area (Å²) in [5.74, 6) is 0. The van der Waals surface area contributed by atoms with Crippen LogP contribution in [0.5, 0.6) is 0 Å². The Kier molecular flexibility index (Phi) is 4.25. The van der Waals surface area contributed by atoms with Crippen LogP contribution in [0.1, 0.15) is 26.3 Å². The molecule has 1 aromatic rings. The van der Waals surface area contributed by atoms with E-state index < -0.39 is 0 Å². The molecule has 0 amide bonds. The number of rotatable bonds is 5. The predicted octanol–water partition coefficient (Wildman–Crippen LogP) is 1.80. The van der Waals surface area contributed by atoms with E-state index in [2.05, 4.69) is 55.3 Å². The Morgan fingerprint density at radius 3 is 2.78 bits per heavy atom. The van der Waals surface area contributed by atoms with Gasteiger partial charge in [0.05, 0.1) is 6.61 Å². The molecule has 2 rings (SSSR count). The molecule has 0 spiro atoms. The number of hydrogen-bond donors (Lipinski definition) is 2. The van der Waals surface area contributed by atoms with Crippen LogP contribution in [-0.4, -0.2) is 36.4 Å². The van der Waals surface area contributed by atoms with Gasteiger partial charge in [-0.25, -0.2) is 0 Å². The van der Waals surface area contributed by atoms with Gasteiger partial charge < -0.3 is 15.3 Å². The van der Waals surface area contributed by atoms with Crippen LogP contribution in [0.3, 0.4) is 0 Å². The van der Waals surface area contributed by atoms with E-state index in [0.29, 0.717) is 12.1 Å². The highest BCUT2D eigenvalue weighted by Crippen LogP contribution is 2.31. The van der Waals surface area contributed by atoms with E-state index in [4.69, 9.17) is 0 Å². The van der Waals surface area contributed by atoms with E-state index in [1.54, 1.807) is 0 Å². The second-order valence-electron chi connectivity index (χ2n) is 5.54. The largest absolute Gasteiger partial charge is 0.395 e. The van der Waals surface area contributed by atoms with Crippen LogP contribution in [0.15, 0.2) is 24.3 Å².